The summed E-state index contributed by atoms with van der Waals surface area (Å²) in [4.78, 5) is 14.8. The van der Waals surface area contributed by atoms with Gasteiger partial charge in [0.25, 0.3) is 5.91 Å². The summed E-state index contributed by atoms with van der Waals surface area (Å²) in [6, 6.07) is 14.3. The van der Waals surface area contributed by atoms with Crippen molar-refractivity contribution in [3.8, 4) is 0 Å². The number of likely N-dealkylation sites (tertiary alicyclic amines) is 1. The van der Waals surface area contributed by atoms with E-state index < -0.39 is 0 Å². The summed E-state index contributed by atoms with van der Waals surface area (Å²) in [7, 11) is 1.97. The van der Waals surface area contributed by atoms with E-state index in [0.717, 1.165) is 44.7 Å². The number of hydrogen-bond donors (Lipinski definition) is 1. The molecule has 4 nitrogen and oxygen atoms in total. The fraction of sp³-hybridized carbons (Fsp3) is 0.421. The molecule has 1 N–H and O–H groups in total. The van der Waals surface area contributed by atoms with Crippen molar-refractivity contribution in [1.82, 2.24) is 14.8 Å². The van der Waals surface area contributed by atoms with Crippen LogP contribution < -0.4 is 5.32 Å². The Kier molecular flexibility index (Phi) is 5.13. The molecular formula is C19H25N3O. The van der Waals surface area contributed by atoms with Crippen molar-refractivity contribution in [2.75, 3.05) is 26.7 Å². The van der Waals surface area contributed by atoms with Crippen LogP contribution in [0.4, 0.5) is 0 Å². The maximum Gasteiger partial charge on any atom is 0.270 e. The first kappa shape index (κ1) is 15.8. The summed E-state index contributed by atoms with van der Waals surface area (Å²) in [6.45, 7) is 3.56. The topological polar surface area (TPSA) is 37.3 Å². The summed E-state index contributed by atoms with van der Waals surface area (Å²) >= 11 is 0. The Morgan fingerprint density at radius 1 is 1.22 bits per heavy atom. The van der Waals surface area contributed by atoms with Gasteiger partial charge < -0.3 is 14.8 Å². The van der Waals surface area contributed by atoms with E-state index in [2.05, 4.69) is 34.1 Å². The Morgan fingerprint density at radius 2 is 2.04 bits per heavy atom. The highest BCUT2D eigenvalue weighted by Crippen LogP contribution is 2.18. The molecule has 0 bridgehead atoms. The molecule has 2 heterocycles. The third-order valence-corrected chi connectivity index (χ3v) is 4.60. The van der Waals surface area contributed by atoms with Gasteiger partial charge >= 0.3 is 0 Å². The number of amides is 1. The molecular weight excluding hydrogens is 286 g/mol. The third-order valence-electron chi connectivity index (χ3n) is 4.60. The van der Waals surface area contributed by atoms with E-state index in [4.69, 9.17) is 0 Å². The molecule has 1 aliphatic heterocycles. The van der Waals surface area contributed by atoms with Crippen molar-refractivity contribution in [3.63, 3.8) is 0 Å². The van der Waals surface area contributed by atoms with Gasteiger partial charge in [0, 0.05) is 25.8 Å². The minimum absolute atomic E-state index is 0.168. The molecule has 1 saturated heterocycles. The van der Waals surface area contributed by atoms with Crippen molar-refractivity contribution < 1.29 is 4.79 Å². The summed E-state index contributed by atoms with van der Waals surface area (Å²) in [5, 5.41) is 3.21. The quantitative estimate of drug-likeness (QED) is 0.889. The lowest BCUT2D eigenvalue weighted by Gasteiger charge is -2.18. The van der Waals surface area contributed by atoms with Gasteiger partial charge in [-0.25, -0.2) is 0 Å². The van der Waals surface area contributed by atoms with Gasteiger partial charge in [0.05, 0.1) is 0 Å². The van der Waals surface area contributed by atoms with Crippen LogP contribution in [0.1, 0.15) is 22.5 Å². The van der Waals surface area contributed by atoms with Crippen molar-refractivity contribution in [2.45, 2.75) is 19.4 Å². The van der Waals surface area contributed by atoms with Gasteiger partial charge in [0.1, 0.15) is 5.69 Å². The van der Waals surface area contributed by atoms with Crippen LogP contribution in [-0.2, 0) is 13.0 Å². The van der Waals surface area contributed by atoms with E-state index in [9.17, 15) is 4.79 Å². The normalized spacial score (nSPS) is 17.6. The van der Waals surface area contributed by atoms with Crippen LogP contribution in [0.15, 0.2) is 48.7 Å². The minimum Gasteiger partial charge on any atom is -0.343 e. The Morgan fingerprint density at radius 3 is 2.83 bits per heavy atom. The van der Waals surface area contributed by atoms with Crippen LogP contribution in [0.2, 0.25) is 0 Å². The number of carbonyl (C=O) groups excluding carboxylic acids is 1. The first-order chi connectivity index (χ1) is 11.3. The van der Waals surface area contributed by atoms with Gasteiger partial charge in [0.2, 0.25) is 0 Å². The van der Waals surface area contributed by atoms with Crippen molar-refractivity contribution >= 4 is 5.91 Å². The van der Waals surface area contributed by atoms with Crippen LogP contribution in [0.5, 0.6) is 0 Å². The van der Waals surface area contributed by atoms with Crippen molar-refractivity contribution in [3.05, 3.63) is 59.9 Å². The van der Waals surface area contributed by atoms with Crippen LogP contribution >= 0.6 is 0 Å². The van der Waals surface area contributed by atoms with Gasteiger partial charge in [-0.3, -0.25) is 4.79 Å². The number of carbonyl (C=O) groups is 1. The summed E-state index contributed by atoms with van der Waals surface area (Å²) in [5.74, 6) is 0.748. The highest BCUT2D eigenvalue weighted by molar-refractivity contribution is 5.93. The fourth-order valence-corrected chi connectivity index (χ4v) is 3.33. The minimum atomic E-state index is 0.168. The highest BCUT2D eigenvalue weighted by Gasteiger charge is 2.27. The van der Waals surface area contributed by atoms with E-state index in [-0.39, 0.29) is 5.91 Å². The van der Waals surface area contributed by atoms with Crippen LogP contribution in [0.25, 0.3) is 0 Å². The maximum absolute atomic E-state index is 12.8. The zero-order chi connectivity index (χ0) is 16.1. The third kappa shape index (κ3) is 3.82. The molecule has 0 spiro atoms. The number of nitrogens with zero attached hydrogens (tertiary/aromatic N) is 2. The lowest BCUT2D eigenvalue weighted by molar-refractivity contribution is 0.0776. The van der Waals surface area contributed by atoms with Gasteiger partial charge in [-0.15, -0.1) is 0 Å². The smallest absolute Gasteiger partial charge is 0.270 e. The van der Waals surface area contributed by atoms with E-state index in [1.807, 2.05) is 36.3 Å². The molecule has 1 fully saturated rings. The van der Waals surface area contributed by atoms with Crippen molar-refractivity contribution in [2.24, 2.45) is 5.92 Å². The Hall–Kier alpha value is -2.07. The molecule has 1 aromatic heterocycles. The molecule has 2 aromatic rings. The molecule has 0 radical (unpaired) electrons. The molecule has 1 aromatic carbocycles. The second kappa shape index (κ2) is 7.47. The SMILES string of the molecule is CNC[C@H]1CCN(C(=O)c2cccn2CCc2ccccc2)C1. The van der Waals surface area contributed by atoms with Gasteiger partial charge in [-0.1, -0.05) is 30.3 Å². The molecule has 3 rings (SSSR count). The van der Waals surface area contributed by atoms with E-state index >= 15 is 0 Å². The molecule has 23 heavy (non-hydrogen) atoms. The fourth-order valence-electron chi connectivity index (χ4n) is 3.33. The van der Waals surface area contributed by atoms with Gasteiger partial charge in [-0.05, 0) is 50.0 Å². The van der Waals surface area contributed by atoms with E-state index in [0.29, 0.717) is 5.92 Å². The predicted molar refractivity (Wildman–Crippen MR) is 92.5 cm³/mol. The summed E-state index contributed by atoms with van der Waals surface area (Å²) < 4.78 is 2.08. The summed E-state index contributed by atoms with van der Waals surface area (Å²) in [5.41, 5.74) is 2.11. The van der Waals surface area contributed by atoms with Crippen molar-refractivity contribution in [1.29, 1.82) is 0 Å². The zero-order valence-corrected chi connectivity index (χ0v) is 13.7. The first-order valence-corrected chi connectivity index (χ1v) is 8.41. The average Bonchev–Trinajstić information content (AvgIpc) is 3.23. The average molecular weight is 311 g/mol. The molecule has 1 amide bonds. The lowest BCUT2D eigenvalue weighted by atomic mass is 10.1. The Labute approximate surface area is 138 Å². The van der Waals surface area contributed by atoms with E-state index in [1.54, 1.807) is 0 Å². The largest absolute Gasteiger partial charge is 0.343 e. The number of rotatable bonds is 6. The standard InChI is InChI=1S/C19H25N3O/c1-20-14-17-10-13-22(15-17)19(23)18-8-5-11-21(18)12-9-16-6-3-2-4-7-16/h2-8,11,17,20H,9-10,12-15H2,1H3/t17-/m1/s1. The second-order valence-corrected chi connectivity index (χ2v) is 6.29. The molecule has 0 unspecified atom stereocenters. The number of benzene rings is 1. The van der Waals surface area contributed by atoms with Gasteiger partial charge in [0.15, 0.2) is 0 Å². The monoisotopic (exact) mass is 311 g/mol. The van der Waals surface area contributed by atoms with Crippen LogP contribution in [0, 0.1) is 5.92 Å². The molecule has 1 aliphatic rings. The highest BCUT2D eigenvalue weighted by atomic mass is 16.2. The second-order valence-electron chi connectivity index (χ2n) is 6.29. The molecule has 0 aliphatic carbocycles. The molecule has 0 saturated carbocycles. The molecule has 4 heteroatoms. The number of aryl methyl sites for hydroxylation is 2. The van der Waals surface area contributed by atoms with E-state index in [1.165, 1.54) is 5.56 Å². The Bertz CT molecular complexity index is 635. The van der Waals surface area contributed by atoms with Crippen LogP contribution in [0.3, 0.4) is 0 Å². The first-order valence-electron chi connectivity index (χ1n) is 8.41. The molecule has 1 atom stereocenters. The zero-order valence-electron chi connectivity index (χ0n) is 13.7. The van der Waals surface area contributed by atoms with Gasteiger partial charge in [-0.2, -0.15) is 0 Å². The predicted octanol–water partition coefficient (Wildman–Crippen LogP) is 2.41. The lowest BCUT2D eigenvalue weighted by Crippen LogP contribution is -2.31. The number of hydrogen-bond acceptors (Lipinski definition) is 2. The van der Waals surface area contributed by atoms with Crippen LogP contribution in [-0.4, -0.2) is 42.1 Å². The number of nitrogens with one attached hydrogen (secondary N) is 1. The summed E-state index contributed by atoms with van der Waals surface area (Å²) in [6.07, 6.45) is 4.05. The Balaban J connectivity index is 1.63. The number of aromatic nitrogens is 1. The molecule has 122 valence electrons. The maximum atomic E-state index is 12.8.